The molecule has 1 unspecified atom stereocenters. The summed E-state index contributed by atoms with van der Waals surface area (Å²) < 4.78 is 11.6. The second-order valence-electron chi connectivity index (χ2n) is 8.85. The minimum atomic E-state index is -1.66. The summed E-state index contributed by atoms with van der Waals surface area (Å²) in [6.45, 7) is 8.19. The third kappa shape index (κ3) is 12.8. The van der Waals surface area contributed by atoms with Crippen LogP contribution in [0.3, 0.4) is 0 Å². The van der Waals surface area contributed by atoms with E-state index < -0.39 is 5.97 Å². The Morgan fingerprint density at radius 3 is 1.68 bits per heavy atom. The van der Waals surface area contributed by atoms with Crippen molar-refractivity contribution < 1.29 is 14.6 Å². The van der Waals surface area contributed by atoms with Crippen LogP contribution < -0.4 is 4.74 Å². The molecule has 0 radical (unpaired) electrons. The van der Waals surface area contributed by atoms with E-state index in [0.29, 0.717) is 5.75 Å². The largest absolute Gasteiger partial charge is 0.438 e. The third-order valence-corrected chi connectivity index (χ3v) is 6.09. The Balaban J connectivity index is 2.62. The van der Waals surface area contributed by atoms with Gasteiger partial charge in [0.1, 0.15) is 5.75 Å². The zero-order valence-electron chi connectivity index (χ0n) is 20.3. The molecular formula is C28H48O3. The van der Waals surface area contributed by atoms with Crippen LogP contribution in [-0.4, -0.2) is 11.1 Å². The number of rotatable bonds is 21. The molecule has 0 bridgehead atoms. The number of hydrogen-bond acceptors (Lipinski definition) is 3. The highest BCUT2D eigenvalue weighted by atomic mass is 16.8. The van der Waals surface area contributed by atoms with E-state index in [1.165, 1.54) is 83.3 Å². The van der Waals surface area contributed by atoms with Crippen molar-refractivity contribution in [1.29, 1.82) is 0 Å². The highest BCUT2D eigenvalue weighted by molar-refractivity contribution is 5.21. The van der Waals surface area contributed by atoms with Crippen molar-refractivity contribution in [2.75, 3.05) is 0 Å². The molecule has 3 nitrogen and oxygen atoms in total. The van der Waals surface area contributed by atoms with Gasteiger partial charge in [0, 0.05) is 0 Å². The van der Waals surface area contributed by atoms with Crippen LogP contribution in [0.5, 0.6) is 5.75 Å². The van der Waals surface area contributed by atoms with Crippen molar-refractivity contribution in [2.24, 2.45) is 5.92 Å². The molecule has 1 aromatic carbocycles. The van der Waals surface area contributed by atoms with Gasteiger partial charge in [0.05, 0.1) is 12.2 Å². The van der Waals surface area contributed by atoms with Gasteiger partial charge < -0.3 is 14.6 Å². The van der Waals surface area contributed by atoms with Crippen LogP contribution in [0.4, 0.5) is 0 Å². The second-order valence-corrected chi connectivity index (χ2v) is 8.85. The fourth-order valence-corrected chi connectivity index (χ4v) is 4.19. The second kappa shape index (κ2) is 18.1. The van der Waals surface area contributed by atoms with Crippen molar-refractivity contribution in [3.05, 3.63) is 43.2 Å². The van der Waals surface area contributed by atoms with Crippen molar-refractivity contribution in [2.45, 2.75) is 123 Å². The molecule has 3 heteroatoms. The van der Waals surface area contributed by atoms with E-state index in [-0.39, 0.29) is 5.92 Å². The van der Waals surface area contributed by atoms with E-state index in [2.05, 4.69) is 20.4 Å². The molecule has 0 spiro atoms. The summed E-state index contributed by atoms with van der Waals surface area (Å²) in [7, 11) is 0. The summed E-state index contributed by atoms with van der Waals surface area (Å²) in [4.78, 5) is 0. The van der Waals surface area contributed by atoms with Crippen LogP contribution >= 0.6 is 0 Å². The lowest BCUT2D eigenvalue weighted by Gasteiger charge is -2.35. The number of hydrogen-bond donors (Lipinski definition) is 1. The van der Waals surface area contributed by atoms with Gasteiger partial charge in [0.2, 0.25) is 0 Å². The lowest BCUT2D eigenvalue weighted by atomic mass is 9.91. The number of aliphatic hydroxyl groups is 1. The van der Waals surface area contributed by atoms with Gasteiger partial charge in [-0.25, -0.2) is 0 Å². The van der Waals surface area contributed by atoms with Gasteiger partial charge in [0.25, 0.3) is 0 Å². The molecule has 1 aromatic rings. The summed E-state index contributed by atoms with van der Waals surface area (Å²) in [5.74, 6) is -1.11. The van der Waals surface area contributed by atoms with Gasteiger partial charge in [-0.05, 0) is 25.0 Å². The average Bonchev–Trinajstić information content (AvgIpc) is 2.77. The maximum absolute atomic E-state index is 11.4. The predicted octanol–water partition coefficient (Wildman–Crippen LogP) is 8.77. The molecule has 1 N–H and O–H groups in total. The minimum absolute atomic E-state index is 0.0722. The number of ether oxygens (including phenoxy) is 2. The number of benzene rings is 1. The van der Waals surface area contributed by atoms with Gasteiger partial charge >= 0.3 is 5.97 Å². The van der Waals surface area contributed by atoms with E-state index in [4.69, 9.17) is 9.47 Å². The summed E-state index contributed by atoms with van der Waals surface area (Å²) in [5, 5.41) is 11.4. The predicted molar refractivity (Wildman–Crippen MR) is 132 cm³/mol. The first-order valence-electron chi connectivity index (χ1n) is 12.9. The lowest BCUT2D eigenvalue weighted by molar-refractivity contribution is -0.327. The summed E-state index contributed by atoms with van der Waals surface area (Å²) >= 11 is 0. The topological polar surface area (TPSA) is 38.7 Å². The van der Waals surface area contributed by atoms with Gasteiger partial charge in [-0.1, -0.05) is 129 Å². The zero-order valence-corrected chi connectivity index (χ0v) is 20.3. The van der Waals surface area contributed by atoms with Crippen molar-refractivity contribution in [1.82, 2.24) is 0 Å². The molecule has 0 aliphatic heterocycles. The Morgan fingerprint density at radius 1 is 0.774 bits per heavy atom. The van der Waals surface area contributed by atoms with E-state index in [1.807, 2.05) is 30.3 Å². The Hall–Kier alpha value is -1.48. The zero-order chi connectivity index (χ0) is 22.6. The smallest absolute Gasteiger partial charge is 0.371 e. The monoisotopic (exact) mass is 432 g/mol. The van der Waals surface area contributed by atoms with Gasteiger partial charge in [-0.2, -0.15) is 0 Å². The van der Waals surface area contributed by atoms with Crippen molar-refractivity contribution in [3.8, 4) is 5.75 Å². The van der Waals surface area contributed by atoms with Gasteiger partial charge in [0.15, 0.2) is 0 Å². The first-order chi connectivity index (χ1) is 15.2. The Labute approximate surface area is 192 Å². The van der Waals surface area contributed by atoms with Crippen molar-refractivity contribution in [3.63, 3.8) is 0 Å². The van der Waals surface area contributed by atoms with Crippen LogP contribution in [0.15, 0.2) is 43.2 Å². The van der Waals surface area contributed by atoms with Crippen LogP contribution in [0, 0.1) is 5.92 Å². The standard InChI is InChI=1S/C28H48O3/c1-4-7-9-11-13-15-18-22-26(23-19-16-14-12-10-8-5-2)28(29,30-6-3)31-27-24-20-17-21-25-27/h6,17,20-21,24-26,29H,3-5,7-16,18-19,22-23H2,1-2H3. The normalized spacial score (nSPS) is 13.2. The molecule has 0 fully saturated rings. The van der Waals surface area contributed by atoms with Gasteiger partial charge in [-0.15, -0.1) is 0 Å². The summed E-state index contributed by atoms with van der Waals surface area (Å²) in [6.07, 6.45) is 20.7. The molecule has 0 aromatic heterocycles. The summed E-state index contributed by atoms with van der Waals surface area (Å²) in [6, 6.07) is 9.47. The Bertz CT molecular complexity index is 512. The molecule has 1 rings (SSSR count). The Kier molecular flexibility index (Phi) is 16.1. The van der Waals surface area contributed by atoms with Crippen LogP contribution in [0.1, 0.15) is 117 Å². The Morgan fingerprint density at radius 2 is 1.23 bits per heavy atom. The number of para-hydroxylation sites is 1. The van der Waals surface area contributed by atoms with E-state index in [0.717, 1.165) is 25.7 Å². The molecule has 0 heterocycles. The van der Waals surface area contributed by atoms with Gasteiger partial charge in [-0.3, -0.25) is 0 Å². The minimum Gasteiger partial charge on any atom is -0.438 e. The van der Waals surface area contributed by atoms with Crippen molar-refractivity contribution >= 4 is 0 Å². The van der Waals surface area contributed by atoms with E-state index in [1.54, 1.807) is 0 Å². The molecule has 178 valence electrons. The highest BCUT2D eigenvalue weighted by Crippen LogP contribution is 2.33. The molecule has 1 atom stereocenters. The fourth-order valence-electron chi connectivity index (χ4n) is 4.19. The van der Waals surface area contributed by atoms with Crippen LogP contribution in [-0.2, 0) is 4.74 Å². The SMILES string of the molecule is C=COC(O)(Oc1ccccc1)C(CCCCCCCCC)CCCCCCCCC. The van der Waals surface area contributed by atoms with Crippen LogP contribution in [0.25, 0.3) is 0 Å². The third-order valence-electron chi connectivity index (χ3n) is 6.09. The molecule has 0 aliphatic carbocycles. The molecule has 31 heavy (non-hydrogen) atoms. The fraction of sp³-hybridized carbons (Fsp3) is 0.714. The highest BCUT2D eigenvalue weighted by Gasteiger charge is 2.40. The first-order valence-corrected chi connectivity index (χ1v) is 12.9. The molecule has 0 amide bonds. The average molecular weight is 433 g/mol. The maximum Gasteiger partial charge on any atom is 0.371 e. The first kappa shape index (κ1) is 27.6. The lowest BCUT2D eigenvalue weighted by Crippen LogP contribution is -2.45. The molecule has 0 saturated heterocycles. The molecule has 0 aliphatic rings. The summed E-state index contributed by atoms with van der Waals surface area (Å²) in [5.41, 5.74) is 0. The van der Waals surface area contributed by atoms with E-state index in [9.17, 15) is 5.11 Å². The van der Waals surface area contributed by atoms with Crippen LogP contribution in [0.2, 0.25) is 0 Å². The molecule has 0 saturated carbocycles. The van der Waals surface area contributed by atoms with E-state index >= 15 is 0 Å². The molecular weight excluding hydrogens is 384 g/mol. The quantitative estimate of drug-likeness (QED) is 0.120. The number of unbranched alkanes of at least 4 members (excludes halogenated alkanes) is 12. The maximum atomic E-state index is 11.4.